The Morgan fingerprint density at radius 1 is 0.917 bits per heavy atom. The molecule has 1 fully saturated rings. The number of aromatic nitrogens is 3. The molecule has 182 valence electrons. The van der Waals surface area contributed by atoms with E-state index >= 15 is 0 Å². The van der Waals surface area contributed by atoms with E-state index in [4.69, 9.17) is 4.98 Å². The number of hydrogen-bond donors (Lipinski definition) is 1. The van der Waals surface area contributed by atoms with Crippen molar-refractivity contribution in [1.29, 1.82) is 0 Å². The molecule has 3 aromatic heterocycles. The largest absolute Gasteiger partial charge is 0.368 e. The van der Waals surface area contributed by atoms with E-state index in [0.717, 1.165) is 61.4 Å². The van der Waals surface area contributed by atoms with Gasteiger partial charge in [0, 0.05) is 61.9 Å². The van der Waals surface area contributed by atoms with Crippen LogP contribution in [0, 0.1) is 6.92 Å². The van der Waals surface area contributed by atoms with Crippen LogP contribution < -0.4 is 10.2 Å². The van der Waals surface area contributed by atoms with Crippen LogP contribution in [0.15, 0.2) is 67.0 Å². The lowest BCUT2D eigenvalue weighted by Gasteiger charge is -2.36. The highest BCUT2D eigenvalue weighted by Gasteiger charge is 2.19. The summed E-state index contributed by atoms with van der Waals surface area (Å²) in [5.41, 5.74) is 7.10. The quantitative estimate of drug-likeness (QED) is 0.413. The van der Waals surface area contributed by atoms with Gasteiger partial charge in [-0.05, 0) is 55.3 Å². The normalized spacial score (nSPS) is 14.7. The van der Waals surface area contributed by atoms with Crippen molar-refractivity contribution in [3.05, 3.63) is 83.9 Å². The Morgan fingerprint density at radius 2 is 1.72 bits per heavy atom. The highest BCUT2D eigenvalue weighted by Crippen LogP contribution is 2.27. The SMILES string of the molecule is CNC(=O)c1ncn2c1ccc1c(CCN3CCN(c4cccc5nc(C)ccc45)CC3)cccc12. The maximum Gasteiger partial charge on any atom is 0.271 e. The summed E-state index contributed by atoms with van der Waals surface area (Å²) in [6, 6.07) is 21.3. The van der Waals surface area contributed by atoms with Crippen LogP contribution in [-0.4, -0.2) is 64.9 Å². The Kier molecular flexibility index (Phi) is 5.77. The number of carbonyl (C=O) groups excluding carboxylic acids is 1. The lowest BCUT2D eigenvalue weighted by Crippen LogP contribution is -2.47. The van der Waals surface area contributed by atoms with E-state index in [-0.39, 0.29) is 5.91 Å². The average Bonchev–Trinajstić information content (AvgIpc) is 3.36. The van der Waals surface area contributed by atoms with Crippen LogP contribution in [0.2, 0.25) is 0 Å². The van der Waals surface area contributed by atoms with Crippen LogP contribution in [0.25, 0.3) is 27.3 Å². The predicted molar refractivity (Wildman–Crippen MR) is 145 cm³/mol. The molecule has 0 spiro atoms. The van der Waals surface area contributed by atoms with Crippen molar-refractivity contribution in [3.8, 4) is 0 Å². The number of carbonyl (C=O) groups is 1. The number of anilines is 1. The van der Waals surface area contributed by atoms with Gasteiger partial charge in [0.05, 0.1) is 16.6 Å². The molecule has 0 radical (unpaired) electrons. The second-order valence-electron chi connectivity index (χ2n) is 9.49. The molecule has 0 atom stereocenters. The number of rotatable bonds is 5. The molecule has 1 N–H and O–H groups in total. The number of piperazine rings is 1. The molecule has 0 bridgehead atoms. The minimum Gasteiger partial charge on any atom is -0.368 e. The maximum absolute atomic E-state index is 12.2. The van der Waals surface area contributed by atoms with Gasteiger partial charge in [0.15, 0.2) is 5.69 Å². The van der Waals surface area contributed by atoms with Crippen LogP contribution in [0.4, 0.5) is 5.69 Å². The highest BCUT2D eigenvalue weighted by molar-refractivity contribution is 6.00. The summed E-state index contributed by atoms with van der Waals surface area (Å²) < 4.78 is 2.02. The molecule has 36 heavy (non-hydrogen) atoms. The van der Waals surface area contributed by atoms with E-state index in [1.165, 1.54) is 22.0 Å². The standard InChI is InChI=1S/C29H30N6O/c1-20-9-10-23-24(32-20)6-4-7-25(23)34-17-15-33(16-18-34)14-13-21-5-3-8-26-22(21)11-12-27-28(29(36)30-2)31-19-35(26)27/h3-12,19H,13-18H2,1-2H3,(H,30,36). The molecule has 5 aromatic rings. The molecular formula is C29H30N6O. The number of amides is 1. The molecule has 0 aliphatic carbocycles. The van der Waals surface area contributed by atoms with Crippen LogP contribution in [-0.2, 0) is 6.42 Å². The Labute approximate surface area is 210 Å². The summed E-state index contributed by atoms with van der Waals surface area (Å²) in [6.07, 6.45) is 2.73. The fourth-order valence-corrected chi connectivity index (χ4v) is 5.39. The van der Waals surface area contributed by atoms with Gasteiger partial charge in [-0.2, -0.15) is 0 Å². The second-order valence-corrected chi connectivity index (χ2v) is 9.49. The summed E-state index contributed by atoms with van der Waals surface area (Å²) >= 11 is 0. The van der Waals surface area contributed by atoms with Gasteiger partial charge in [0.2, 0.25) is 0 Å². The number of nitrogens with zero attached hydrogens (tertiary/aromatic N) is 5. The number of imidazole rings is 1. The first-order chi connectivity index (χ1) is 17.6. The number of fused-ring (bicyclic) bond motifs is 4. The van der Waals surface area contributed by atoms with Gasteiger partial charge in [0.25, 0.3) is 5.91 Å². The molecule has 0 unspecified atom stereocenters. The Hall–Kier alpha value is -3.97. The van der Waals surface area contributed by atoms with Gasteiger partial charge in [0.1, 0.15) is 6.33 Å². The van der Waals surface area contributed by atoms with Crippen molar-refractivity contribution in [2.24, 2.45) is 0 Å². The molecule has 1 amide bonds. The first-order valence-corrected chi connectivity index (χ1v) is 12.6. The molecular weight excluding hydrogens is 448 g/mol. The fraction of sp³-hybridized carbons (Fsp3) is 0.276. The fourth-order valence-electron chi connectivity index (χ4n) is 5.39. The van der Waals surface area contributed by atoms with Gasteiger partial charge in [-0.15, -0.1) is 0 Å². The van der Waals surface area contributed by atoms with Crippen molar-refractivity contribution in [2.75, 3.05) is 44.7 Å². The van der Waals surface area contributed by atoms with E-state index in [1.54, 1.807) is 13.4 Å². The Bertz CT molecular complexity index is 1580. The lowest BCUT2D eigenvalue weighted by atomic mass is 10.0. The highest BCUT2D eigenvalue weighted by atomic mass is 16.1. The Morgan fingerprint density at radius 3 is 2.56 bits per heavy atom. The van der Waals surface area contributed by atoms with E-state index in [1.807, 2.05) is 17.4 Å². The predicted octanol–water partition coefficient (Wildman–Crippen LogP) is 4.07. The topological polar surface area (TPSA) is 65.8 Å². The van der Waals surface area contributed by atoms with E-state index in [2.05, 4.69) is 74.7 Å². The number of benzene rings is 2. The lowest BCUT2D eigenvalue weighted by molar-refractivity contribution is 0.0960. The van der Waals surface area contributed by atoms with Crippen LogP contribution in [0.5, 0.6) is 0 Å². The minimum absolute atomic E-state index is 0.165. The van der Waals surface area contributed by atoms with Crippen molar-refractivity contribution in [1.82, 2.24) is 24.6 Å². The second kappa shape index (κ2) is 9.24. The number of pyridine rings is 2. The maximum atomic E-state index is 12.2. The first kappa shape index (κ1) is 22.5. The molecule has 6 rings (SSSR count). The van der Waals surface area contributed by atoms with Gasteiger partial charge < -0.3 is 10.2 Å². The molecule has 7 nitrogen and oxygen atoms in total. The molecule has 0 saturated carbocycles. The number of hydrogen-bond acceptors (Lipinski definition) is 5. The summed E-state index contributed by atoms with van der Waals surface area (Å²) in [6.45, 7) is 7.18. The molecule has 1 saturated heterocycles. The Balaban J connectivity index is 1.16. The van der Waals surface area contributed by atoms with Gasteiger partial charge in [-0.25, -0.2) is 4.98 Å². The average molecular weight is 479 g/mol. The minimum atomic E-state index is -0.165. The molecule has 4 heterocycles. The van der Waals surface area contributed by atoms with Crippen molar-refractivity contribution in [3.63, 3.8) is 0 Å². The van der Waals surface area contributed by atoms with Crippen molar-refractivity contribution >= 4 is 38.9 Å². The third-order valence-corrected chi connectivity index (χ3v) is 7.35. The number of nitrogens with one attached hydrogen (secondary N) is 1. The zero-order chi connectivity index (χ0) is 24.6. The summed E-state index contributed by atoms with van der Waals surface area (Å²) in [7, 11) is 1.63. The zero-order valence-electron chi connectivity index (χ0n) is 20.7. The molecule has 1 aliphatic rings. The van der Waals surface area contributed by atoms with Gasteiger partial charge in [-0.3, -0.25) is 19.1 Å². The molecule has 1 aliphatic heterocycles. The summed E-state index contributed by atoms with van der Waals surface area (Å²) in [4.78, 5) is 26.3. The third-order valence-electron chi connectivity index (χ3n) is 7.35. The van der Waals surface area contributed by atoms with Crippen LogP contribution in [0.3, 0.4) is 0 Å². The smallest absolute Gasteiger partial charge is 0.271 e. The summed E-state index contributed by atoms with van der Waals surface area (Å²) in [5, 5.41) is 5.12. The van der Waals surface area contributed by atoms with Crippen LogP contribution in [0.1, 0.15) is 21.7 Å². The van der Waals surface area contributed by atoms with E-state index in [0.29, 0.717) is 5.69 Å². The summed E-state index contributed by atoms with van der Waals surface area (Å²) in [5.74, 6) is -0.165. The third kappa shape index (κ3) is 3.95. The number of aryl methyl sites for hydroxylation is 1. The molecule has 7 heteroatoms. The van der Waals surface area contributed by atoms with Crippen molar-refractivity contribution in [2.45, 2.75) is 13.3 Å². The van der Waals surface area contributed by atoms with Gasteiger partial charge in [-0.1, -0.05) is 24.3 Å². The van der Waals surface area contributed by atoms with E-state index < -0.39 is 0 Å². The zero-order valence-corrected chi connectivity index (χ0v) is 20.7. The first-order valence-electron chi connectivity index (χ1n) is 12.6. The molecule has 2 aromatic carbocycles. The van der Waals surface area contributed by atoms with Crippen molar-refractivity contribution < 1.29 is 4.79 Å². The van der Waals surface area contributed by atoms with E-state index in [9.17, 15) is 4.79 Å². The monoisotopic (exact) mass is 478 g/mol. The van der Waals surface area contributed by atoms with Gasteiger partial charge >= 0.3 is 0 Å². The van der Waals surface area contributed by atoms with Crippen LogP contribution >= 0.6 is 0 Å².